The molecule has 1 aromatic rings. The molecule has 41 heavy (non-hydrogen) atoms. The number of nitrogens with one attached hydrogen (secondary N) is 2. The minimum Gasteiger partial charge on any atom is -0.456 e. The van der Waals surface area contributed by atoms with E-state index in [1.807, 2.05) is 57.2 Å². The maximum absolute atomic E-state index is 13.3. The first kappa shape index (κ1) is 33.5. The first-order chi connectivity index (χ1) is 19.1. The van der Waals surface area contributed by atoms with Crippen LogP contribution in [0.25, 0.3) is 0 Å². The van der Waals surface area contributed by atoms with Gasteiger partial charge in [-0.05, 0) is 50.2 Å². The fourth-order valence-electron chi connectivity index (χ4n) is 5.06. The Morgan fingerprint density at radius 1 is 1.10 bits per heavy atom. The molecule has 4 atom stereocenters. The Hall–Kier alpha value is -3.68. The van der Waals surface area contributed by atoms with Gasteiger partial charge in [0.2, 0.25) is 17.7 Å². The predicted molar refractivity (Wildman–Crippen MR) is 162 cm³/mol. The van der Waals surface area contributed by atoms with Crippen molar-refractivity contribution in [1.82, 2.24) is 15.5 Å². The summed E-state index contributed by atoms with van der Waals surface area (Å²) in [5.41, 5.74) is 3.37. The van der Waals surface area contributed by atoms with Gasteiger partial charge in [0.1, 0.15) is 24.7 Å². The number of likely N-dealkylation sites (N-methyl/N-ethyl adjacent to an activating group) is 1. The van der Waals surface area contributed by atoms with Gasteiger partial charge in [0.25, 0.3) is 0 Å². The van der Waals surface area contributed by atoms with Gasteiger partial charge in [-0.1, -0.05) is 87.9 Å². The van der Waals surface area contributed by atoms with Gasteiger partial charge >= 0.3 is 5.97 Å². The van der Waals surface area contributed by atoms with Crippen LogP contribution in [0.5, 0.6) is 0 Å². The molecule has 1 fully saturated rings. The average Bonchev–Trinajstić information content (AvgIpc) is 2.88. The molecule has 8 nitrogen and oxygen atoms in total. The summed E-state index contributed by atoms with van der Waals surface area (Å²) in [7, 11) is 1.54. The predicted octanol–water partition coefficient (Wildman–Crippen LogP) is 4.51. The molecule has 0 unspecified atom stereocenters. The maximum Gasteiger partial charge on any atom is 0.326 e. The van der Waals surface area contributed by atoms with Gasteiger partial charge in [-0.25, -0.2) is 0 Å². The molecule has 1 aromatic carbocycles. The molecule has 0 aliphatic carbocycles. The summed E-state index contributed by atoms with van der Waals surface area (Å²) in [6.45, 7) is 17.4. The number of ether oxygens (including phenoxy) is 1. The normalized spacial score (nSPS) is 24.7. The van der Waals surface area contributed by atoms with E-state index in [9.17, 15) is 19.2 Å². The molecule has 1 saturated heterocycles. The summed E-state index contributed by atoms with van der Waals surface area (Å²) in [6.07, 6.45) is 4.26. The van der Waals surface area contributed by atoms with Crippen molar-refractivity contribution in [3.63, 3.8) is 0 Å². The molecule has 2 N–H and O–H groups in total. The lowest BCUT2D eigenvalue weighted by molar-refractivity contribution is -0.149. The number of esters is 1. The van der Waals surface area contributed by atoms with Gasteiger partial charge in [-0.15, -0.1) is 0 Å². The Morgan fingerprint density at radius 2 is 1.73 bits per heavy atom. The van der Waals surface area contributed by atoms with E-state index < -0.39 is 41.9 Å². The summed E-state index contributed by atoms with van der Waals surface area (Å²) < 4.78 is 5.90. The molecule has 0 saturated carbocycles. The van der Waals surface area contributed by atoms with Crippen LogP contribution in [0.3, 0.4) is 0 Å². The number of amides is 3. The molecule has 2 rings (SSSR count). The monoisotopic (exact) mass is 565 g/mol. The number of hydrogen-bond donors (Lipinski definition) is 2. The molecule has 0 radical (unpaired) electrons. The van der Waals surface area contributed by atoms with E-state index in [0.717, 1.165) is 16.7 Å². The molecule has 0 spiro atoms. The van der Waals surface area contributed by atoms with Crippen molar-refractivity contribution < 1.29 is 23.9 Å². The number of allylic oxidation sites excluding steroid dienone is 3. The van der Waals surface area contributed by atoms with Gasteiger partial charge < -0.3 is 20.3 Å². The van der Waals surface area contributed by atoms with Crippen LogP contribution in [-0.4, -0.2) is 60.4 Å². The zero-order valence-corrected chi connectivity index (χ0v) is 25.9. The second-order valence-electron chi connectivity index (χ2n) is 12.2. The fourth-order valence-corrected chi connectivity index (χ4v) is 5.06. The van der Waals surface area contributed by atoms with Crippen molar-refractivity contribution in [3.05, 3.63) is 71.3 Å². The third kappa shape index (κ3) is 10.7. The Bertz CT molecular complexity index is 1180. The van der Waals surface area contributed by atoms with Crippen molar-refractivity contribution in [2.24, 2.45) is 11.3 Å². The van der Waals surface area contributed by atoms with Crippen LogP contribution in [0, 0.1) is 11.3 Å². The van der Waals surface area contributed by atoms with Gasteiger partial charge in [0.05, 0.1) is 0 Å². The number of benzene rings is 1. The number of rotatable bonds is 5. The molecular formula is C33H47N3O5. The summed E-state index contributed by atoms with van der Waals surface area (Å²) in [4.78, 5) is 53.9. The topological polar surface area (TPSA) is 105 Å². The lowest BCUT2D eigenvalue weighted by Gasteiger charge is -2.30. The molecule has 1 heterocycles. The number of cyclic esters (lactones) is 1. The fraction of sp³-hybridized carbons (Fsp3) is 0.515. The van der Waals surface area contributed by atoms with Crippen LogP contribution in [0.2, 0.25) is 0 Å². The lowest BCUT2D eigenvalue weighted by Crippen LogP contribution is -2.54. The Kier molecular flexibility index (Phi) is 12.1. The van der Waals surface area contributed by atoms with Gasteiger partial charge in [0.15, 0.2) is 0 Å². The Balaban J connectivity index is 2.39. The second-order valence-corrected chi connectivity index (χ2v) is 12.2. The van der Waals surface area contributed by atoms with Crippen molar-refractivity contribution >= 4 is 23.7 Å². The summed E-state index contributed by atoms with van der Waals surface area (Å²) in [5, 5.41) is 5.42. The van der Waals surface area contributed by atoms with Crippen molar-refractivity contribution in [2.45, 2.75) is 85.9 Å². The molecule has 224 valence electrons. The highest BCUT2D eigenvalue weighted by Crippen LogP contribution is 2.27. The van der Waals surface area contributed by atoms with Crippen LogP contribution in [0.1, 0.15) is 66.9 Å². The minimum atomic E-state index is -0.853. The zero-order chi connectivity index (χ0) is 30.9. The SMILES string of the molecule is C=C1CC(=O)N[C@@H](C)C(=O)N(C)[C@@H](CCc2ccccc2)C(=O)NCC(=O)O[C@@H](/C(C)=C/C(C)=C/C(C)(C)C)[C@H]1C. The smallest absolute Gasteiger partial charge is 0.326 e. The summed E-state index contributed by atoms with van der Waals surface area (Å²) in [6, 6.07) is 7.94. The van der Waals surface area contributed by atoms with E-state index in [4.69, 9.17) is 4.74 Å². The molecule has 8 heteroatoms. The number of nitrogens with zero attached hydrogens (tertiary/aromatic N) is 1. The van der Waals surface area contributed by atoms with Crippen LogP contribution >= 0.6 is 0 Å². The molecule has 1 aliphatic heterocycles. The number of carbonyl (C=O) groups is 4. The quantitative estimate of drug-likeness (QED) is 0.311. The number of aryl methyl sites for hydroxylation is 1. The first-order valence-corrected chi connectivity index (χ1v) is 14.2. The largest absolute Gasteiger partial charge is 0.456 e. The van der Waals surface area contributed by atoms with Crippen molar-refractivity contribution in [3.8, 4) is 0 Å². The van der Waals surface area contributed by atoms with Crippen LogP contribution in [0.4, 0.5) is 0 Å². The van der Waals surface area contributed by atoms with E-state index in [1.54, 1.807) is 6.92 Å². The van der Waals surface area contributed by atoms with Gasteiger partial charge in [-0.3, -0.25) is 19.2 Å². The van der Waals surface area contributed by atoms with E-state index in [-0.39, 0.29) is 24.3 Å². The van der Waals surface area contributed by atoms with Crippen LogP contribution < -0.4 is 10.6 Å². The van der Waals surface area contributed by atoms with E-state index >= 15 is 0 Å². The van der Waals surface area contributed by atoms with E-state index in [0.29, 0.717) is 18.4 Å². The van der Waals surface area contributed by atoms with Crippen molar-refractivity contribution in [1.29, 1.82) is 0 Å². The Morgan fingerprint density at radius 3 is 2.34 bits per heavy atom. The number of carbonyl (C=O) groups excluding carboxylic acids is 4. The first-order valence-electron chi connectivity index (χ1n) is 14.2. The van der Waals surface area contributed by atoms with E-state index in [2.05, 4.69) is 44.1 Å². The highest BCUT2D eigenvalue weighted by Gasteiger charge is 2.32. The van der Waals surface area contributed by atoms with E-state index in [1.165, 1.54) is 11.9 Å². The Labute approximate surface area is 245 Å². The molecule has 1 aliphatic rings. The standard InChI is InChI=1S/C33H47N3O5/c1-21(19-33(6,7)8)17-23(3)30-24(4)22(2)18-28(37)35-25(5)32(40)36(9)27(31(39)34-20-29(38)41-30)16-15-26-13-11-10-12-14-26/h10-14,17,19,24-25,27,30H,2,15-16,18,20H2,1,3-9H3,(H,34,39)(H,35,37)/b21-19+,23-17+/t24-,25-,27-,30-/m0/s1. The third-order valence-electron chi connectivity index (χ3n) is 7.13. The minimum absolute atomic E-state index is 0.0325. The summed E-state index contributed by atoms with van der Waals surface area (Å²) >= 11 is 0. The maximum atomic E-state index is 13.3. The highest BCUT2D eigenvalue weighted by atomic mass is 16.5. The molecular weight excluding hydrogens is 518 g/mol. The van der Waals surface area contributed by atoms with Gasteiger partial charge in [0, 0.05) is 19.4 Å². The van der Waals surface area contributed by atoms with Crippen LogP contribution in [0.15, 0.2) is 65.8 Å². The molecule has 0 aromatic heterocycles. The van der Waals surface area contributed by atoms with Crippen LogP contribution in [-0.2, 0) is 30.3 Å². The second kappa shape index (κ2) is 14.8. The molecule has 3 amide bonds. The number of hydrogen-bond acceptors (Lipinski definition) is 5. The molecule has 0 bridgehead atoms. The zero-order valence-electron chi connectivity index (χ0n) is 25.9. The average molecular weight is 566 g/mol. The van der Waals surface area contributed by atoms with Gasteiger partial charge in [-0.2, -0.15) is 0 Å². The lowest BCUT2D eigenvalue weighted by atomic mass is 9.88. The highest BCUT2D eigenvalue weighted by molar-refractivity contribution is 5.93. The third-order valence-corrected chi connectivity index (χ3v) is 7.13. The summed E-state index contributed by atoms with van der Waals surface area (Å²) in [5.74, 6) is -2.24. The van der Waals surface area contributed by atoms with Crippen molar-refractivity contribution in [2.75, 3.05) is 13.6 Å².